The van der Waals surface area contributed by atoms with Crippen LogP contribution in [0.5, 0.6) is 11.5 Å². The first-order chi connectivity index (χ1) is 28.0. The van der Waals surface area contributed by atoms with Crippen LogP contribution in [0.2, 0.25) is 0 Å². The first kappa shape index (κ1) is 34.8. The largest absolute Gasteiger partial charge is 0.455 e. The van der Waals surface area contributed by atoms with Crippen LogP contribution in [0.15, 0.2) is 186 Å². The van der Waals surface area contributed by atoms with Gasteiger partial charge >= 0.3 is 0 Å². The fraction of sp³-hybridized carbons (Fsp3) is 0.0588. The number of ether oxygens (including phenoxy) is 1. The summed E-state index contributed by atoms with van der Waals surface area (Å²) in [5, 5.41) is 3.88. The van der Waals surface area contributed by atoms with E-state index in [1.807, 2.05) is 6.07 Å². The molecule has 0 spiro atoms. The molecule has 0 radical (unpaired) electrons. The molecule has 274 valence electrons. The van der Waals surface area contributed by atoms with Crippen molar-refractivity contribution in [3.8, 4) is 22.6 Å². The second-order valence-corrected chi connectivity index (χ2v) is 15.9. The van der Waals surface area contributed by atoms with Crippen LogP contribution >= 0.6 is 11.8 Å². The fourth-order valence-electron chi connectivity index (χ4n) is 8.25. The lowest BCUT2D eigenvalue weighted by Crippen LogP contribution is -2.41. The molecular weight excluding hydrogens is 713 g/mol. The van der Waals surface area contributed by atoms with Gasteiger partial charge in [-0.25, -0.2) is 0 Å². The van der Waals surface area contributed by atoms with E-state index >= 15 is 0 Å². The molecule has 2 aliphatic rings. The summed E-state index contributed by atoms with van der Waals surface area (Å²) < 4.78 is 6.67. The molecule has 10 rings (SSSR count). The number of hydrogen-bond acceptors (Lipinski definition) is 5. The molecule has 8 aromatic rings. The predicted octanol–water partition coefficient (Wildman–Crippen LogP) is 12.9. The van der Waals surface area contributed by atoms with Crippen molar-refractivity contribution in [1.82, 2.24) is 0 Å². The molecule has 2 aliphatic heterocycles. The van der Waals surface area contributed by atoms with Crippen LogP contribution in [0.4, 0.5) is 45.5 Å². The van der Waals surface area contributed by atoms with Crippen molar-refractivity contribution < 1.29 is 4.74 Å². The molecular formula is C51H40BN3OS. The van der Waals surface area contributed by atoms with E-state index in [9.17, 15) is 0 Å². The van der Waals surface area contributed by atoms with E-state index < -0.39 is 0 Å². The number of hydrogen-bond donors (Lipinski definition) is 1. The van der Waals surface area contributed by atoms with Gasteiger partial charge in [0.1, 0.15) is 11.5 Å². The minimum atomic E-state index is 0.757. The average molecular weight is 754 g/mol. The summed E-state index contributed by atoms with van der Waals surface area (Å²) in [5.41, 5.74) is 17.5. The molecule has 57 heavy (non-hydrogen) atoms. The number of rotatable bonds is 7. The molecule has 8 aromatic carbocycles. The molecule has 0 amide bonds. The van der Waals surface area contributed by atoms with Gasteiger partial charge in [0.2, 0.25) is 0 Å². The zero-order valence-corrected chi connectivity index (χ0v) is 33.0. The summed E-state index contributed by atoms with van der Waals surface area (Å²) in [6, 6.07) is 63.1. The quantitative estimate of drug-likeness (QED) is 0.164. The van der Waals surface area contributed by atoms with Gasteiger partial charge in [-0.15, -0.1) is 0 Å². The van der Waals surface area contributed by atoms with Crippen LogP contribution in [0.1, 0.15) is 16.7 Å². The van der Waals surface area contributed by atoms with Gasteiger partial charge in [-0.1, -0.05) is 108 Å². The third-order valence-electron chi connectivity index (χ3n) is 11.0. The van der Waals surface area contributed by atoms with E-state index in [0.717, 1.165) is 62.6 Å². The van der Waals surface area contributed by atoms with E-state index in [2.05, 4.69) is 206 Å². The van der Waals surface area contributed by atoms with Crippen molar-refractivity contribution in [2.75, 3.05) is 15.1 Å². The zero-order valence-electron chi connectivity index (χ0n) is 32.2. The van der Waals surface area contributed by atoms with Crippen LogP contribution in [0, 0.1) is 20.8 Å². The Hall–Kier alpha value is -6.63. The molecule has 0 unspecified atom stereocenters. The number of nitrogens with zero attached hydrogens (tertiary/aromatic N) is 2. The van der Waals surface area contributed by atoms with Gasteiger partial charge in [-0.3, -0.25) is 0 Å². The zero-order chi connectivity index (χ0) is 38.5. The second kappa shape index (κ2) is 14.5. The highest BCUT2D eigenvalue weighted by Gasteiger charge is 2.31. The first-order valence-electron chi connectivity index (χ1n) is 19.5. The topological polar surface area (TPSA) is 27.7 Å². The van der Waals surface area contributed by atoms with Gasteiger partial charge in [-0.05, 0) is 133 Å². The molecule has 0 fully saturated rings. The van der Waals surface area contributed by atoms with Crippen LogP contribution < -0.4 is 30.8 Å². The van der Waals surface area contributed by atoms with E-state index in [1.165, 1.54) is 50.2 Å². The van der Waals surface area contributed by atoms with Gasteiger partial charge in [0.25, 0.3) is 0 Å². The Kier molecular flexibility index (Phi) is 8.84. The Morgan fingerprint density at radius 2 is 1.19 bits per heavy atom. The Bertz CT molecular complexity index is 2770. The number of nitrogens with one attached hydrogen (secondary N) is 1. The third kappa shape index (κ3) is 6.42. The summed E-state index contributed by atoms with van der Waals surface area (Å²) in [6.45, 7) is 6.58. The summed E-state index contributed by atoms with van der Waals surface area (Å²) >= 11 is 1.76. The molecule has 4 nitrogen and oxygen atoms in total. The maximum atomic E-state index is 6.67. The number of fused-ring (bicyclic) bond motifs is 4. The van der Waals surface area contributed by atoms with Crippen molar-refractivity contribution in [3.63, 3.8) is 0 Å². The molecule has 0 aromatic heterocycles. The summed E-state index contributed by atoms with van der Waals surface area (Å²) in [5.74, 6) is 1.76. The molecule has 0 atom stereocenters. The maximum absolute atomic E-state index is 6.67. The van der Waals surface area contributed by atoms with Gasteiger partial charge in [0.15, 0.2) is 7.28 Å². The Morgan fingerprint density at radius 3 is 1.95 bits per heavy atom. The Balaban J connectivity index is 1.19. The van der Waals surface area contributed by atoms with E-state index in [1.54, 1.807) is 11.8 Å². The molecule has 1 N–H and O–H groups in total. The second-order valence-electron chi connectivity index (χ2n) is 14.9. The van der Waals surface area contributed by atoms with Gasteiger partial charge in [0, 0.05) is 51.1 Å². The normalized spacial score (nSPS) is 12.3. The smallest absolute Gasteiger partial charge is 0.198 e. The van der Waals surface area contributed by atoms with Crippen molar-refractivity contribution in [2.45, 2.75) is 30.6 Å². The maximum Gasteiger partial charge on any atom is 0.198 e. The SMILES string of the molecule is Cc1cc(-c2cc3c(cc2Nc2ccccc2C)Sc2ccccc2O3)c2c(c1)N(c1ccccc1C)c1ccc(N(c3ccccc3)c3ccccc3)cc1B2. The molecule has 0 saturated heterocycles. The standard InChI is InChI=1S/C51H40BN3OS/c1-33-28-40(39-31-48-50(57-49-25-15-14-24-47(49)56-48)32-43(39)53-42-22-12-10-16-34(42)2)51-46(29-33)55(44-23-13-11-17-35(44)3)45-27-26-38(30-41(45)52-51)54(36-18-6-4-7-19-36)37-20-8-5-9-21-37/h4-32,52-53H,1-3H3. The molecule has 0 aliphatic carbocycles. The number of benzene rings is 8. The van der Waals surface area contributed by atoms with Crippen LogP contribution in [-0.2, 0) is 0 Å². The highest BCUT2D eigenvalue weighted by molar-refractivity contribution is 7.99. The van der Waals surface area contributed by atoms with E-state index in [4.69, 9.17) is 4.74 Å². The van der Waals surface area contributed by atoms with E-state index in [0.29, 0.717) is 0 Å². The number of aryl methyl sites for hydroxylation is 3. The van der Waals surface area contributed by atoms with Gasteiger partial charge < -0.3 is 19.9 Å². The number of anilines is 8. The first-order valence-corrected chi connectivity index (χ1v) is 20.3. The highest BCUT2D eigenvalue weighted by atomic mass is 32.2. The van der Waals surface area contributed by atoms with Crippen LogP contribution in [0.3, 0.4) is 0 Å². The average Bonchev–Trinajstić information content (AvgIpc) is 3.24. The minimum absolute atomic E-state index is 0.757. The van der Waals surface area contributed by atoms with Gasteiger partial charge in [-0.2, -0.15) is 0 Å². The minimum Gasteiger partial charge on any atom is -0.455 e. The molecule has 6 heteroatoms. The lowest BCUT2D eigenvalue weighted by atomic mass is 9.58. The van der Waals surface area contributed by atoms with E-state index in [-0.39, 0.29) is 0 Å². The molecule has 0 saturated carbocycles. The van der Waals surface area contributed by atoms with Crippen molar-refractivity contribution in [2.24, 2.45) is 0 Å². The lowest BCUT2D eigenvalue weighted by molar-refractivity contribution is 0.455. The van der Waals surface area contributed by atoms with Crippen LogP contribution in [-0.4, -0.2) is 7.28 Å². The Morgan fingerprint density at radius 1 is 0.509 bits per heavy atom. The molecule has 2 heterocycles. The highest BCUT2D eigenvalue weighted by Crippen LogP contribution is 2.51. The van der Waals surface area contributed by atoms with Gasteiger partial charge in [0.05, 0.1) is 9.79 Å². The third-order valence-corrected chi connectivity index (χ3v) is 12.1. The number of para-hydroxylation sites is 5. The molecule has 0 bridgehead atoms. The Labute approximate surface area is 339 Å². The van der Waals surface area contributed by atoms with Crippen molar-refractivity contribution >= 4 is 75.5 Å². The van der Waals surface area contributed by atoms with Crippen molar-refractivity contribution in [3.05, 3.63) is 193 Å². The monoisotopic (exact) mass is 753 g/mol. The van der Waals surface area contributed by atoms with Crippen LogP contribution in [0.25, 0.3) is 11.1 Å². The lowest BCUT2D eigenvalue weighted by Gasteiger charge is -2.37. The summed E-state index contributed by atoms with van der Waals surface area (Å²) in [4.78, 5) is 7.04. The summed E-state index contributed by atoms with van der Waals surface area (Å²) in [7, 11) is 0.757. The fourth-order valence-corrected chi connectivity index (χ4v) is 9.22. The predicted molar refractivity (Wildman–Crippen MR) is 242 cm³/mol. The van der Waals surface area contributed by atoms with Crippen molar-refractivity contribution in [1.29, 1.82) is 0 Å². The summed E-state index contributed by atoms with van der Waals surface area (Å²) in [6.07, 6.45) is 0.